The Morgan fingerprint density at radius 1 is 1.10 bits per heavy atom. The molecule has 3 aromatic rings. The quantitative estimate of drug-likeness (QED) is 0.646. The van der Waals surface area contributed by atoms with Crippen LogP contribution in [0.1, 0.15) is 21.5 Å². The molecule has 29 heavy (non-hydrogen) atoms. The van der Waals surface area contributed by atoms with Crippen LogP contribution < -0.4 is 4.90 Å². The first-order chi connectivity index (χ1) is 14.2. The molecule has 0 N–H and O–H groups in total. The molecule has 1 saturated heterocycles. The first-order valence-electron chi connectivity index (χ1n) is 9.78. The van der Waals surface area contributed by atoms with Crippen molar-refractivity contribution in [2.45, 2.75) is 13.1 Å². The topological polar surface area (TPSA) is 63.5 Å². The molecule has 4 rings (SSSR count). The highest BCUT2D eigenvalue weighted by atomic mass is 16.5. The summed E-state index contributed by atoms with van der Waals surface area (Å²) in [5.41, 5.74) is 3.92. The zero-order valence-electron chi connectivity index (χ0n) is 16.6. The lowest BCUT2D eigenvalue weighted by atomic mass is 10.1. The monoisotopic (exact) mass is 391 g/mol. The number of amides is 1. The summed E-state index contributed by atoms with van der Waals surface area (Å²) in [5.74, 6) is -0.00188. The van der Waals surface area contributed by atoms with Crippen molar-refractivity contribution in [3.63, 3.8) is 0 Å². The van der Waals surface area contributed by atoms with E-state index in [1.54, 1.807) is 15.9 Å². The lowest BCUT2D eigenvalue weighted by Crippen LogP contribution is -2.36. The molecule has 0 aliphatic carbocycles. The first kappa shape index (κ1) is 19.1. The lowest BCUT2D eigenvalue weighted by Gasteiger charge is -2.29. The maximum atomic E-state index is 13.1. The summed E-state index contributed by atoms with van der Waals surface area (Å²) in [6, 6.07) is 16.1. The molecule has 0 bridgehead atoms. The molecule has 0 unspecified atom stereocenters. The number of rotatable bonds is 6. The van der Waals surface area contributed by atoms with E-state index in [4.69, 9.17) is 4.74 Å². The van der Waals surface area contributed by atoms with Gasteiger partial charge in [0.15, 0.2) is 0 Å². The van der Waals surface area contributed by atoms with Crippen LogP contribution in [0.3, 0.4) is 0 Å². The van der Waals surface area contributed by atoms with E-state index in [9.17, 15) is 4.79 Å². The first-order valence-corrected chi connectivity index (χ1v) is 9.78. The molecule has 1 aliphatic rings. The summed E-state index contributed by atoms with van der Waals surface area (Å²) in [7, 11) is 1.84. The predicted molar refractivity (Wildman–Crippen MR) is 111 cm³/mol. The Hall–Kier alpha value is -3.19. The number of hydrogen-bond donors (Lipinski definition) is 0. The predicted octanol–water partition coefficient (Wildman–Crippen LogP) is 2.44. The third-order valence-electron chi connectivity index (χ3n) is 5.13. The van der Waals surface area contributed by atoms with Gasteiger partial charge in [0.05, 0.1) is 19.8 Å². The van der Waals surface area contributed by atoms with Crippen molar-refractivity contribution in [2.75, 3.05) is 38.3 Å². The molecular weight excluding hydrogens is 366 g/mol. The Labute approximate surface area is 170 Å². The van der Waals surface area contributed by atoms with E-state index in [0.29, 0.717) is 18.7 Å². The van der Waals surface area contributed by atoms with Crippen molar-refractivity contribution in [1.82, 2.24) is 19.7 Å². The van der Waals surface area contributed by atoms with Crippen molar-refractivity contribution in [3.05, 3.63) is 77.9 Å². The number of benzene rings is 2. The van der Waals surface area contributed by atoms with Gasteiger partial charge in [-0.1, -0.05) is 30.3 Å². The normalized spacial score (nSPS) is 14.0. The number of aromatic nitrogens is 3. The molecule has 2 heterocycles. The molecule has 1 fully saturated rings. The van der Waals surface area contributed by atoms with E-state index in [1.807, 2.05) is 31.3 Å². The van der Waals surface area contributed by atoms with Crippen molar-refractivity contribution in [1.29, 1.82) is 0 Å². The van der Waals surface area contributed by atoms with Gasteiger partial charge >= 0.3 is 0 Å². The van der Waals surface area contributed by atoms with Crippen LogP contribution in [0.4, 0.5) is 5.69 Å². The summed E-state index contributed by atoms with van der Waals surface area (Å²) in [6.07, 6.45) is 3.15. The van der Waals surface area contributed by atoms with Gasteiger partial charge in [0.25, 0.3) is 5.91 Å². The van der Waals surface area contributed by atoms with Gasteiger partial charge in [-0.05, 0) is 29.3 Å². The third-order valence-corrected chi connectivity index (χ3v) is 5.13. The summed E-state index contributed by atoms with van der Waals surface area (Å²) in [5, 5.41) is 4.14. The van der Waals surface area contributed by atoms with Crippen LogP contribution in [0.5, 0.6) is 0 Å². The van der Waals surface area contributed by atoms with E-state index in [0.717, 1.165) is 37.4 Å². The molecule has 0 atom stereocenters. The molecule has 0 spiro atoms. The maximum Gasteiger partial charge on any atom is 0.254 e. The average Bonchev–Trinajstić information content (AvgIpc) is 3.28. The fourth-order valence-corrected chi connectivity index (χ4v) is 3.54. The average molecular weight is 391 g/mol. The molecule has 7 nitrogen and oxygen atoms in total. The van der Waals surface area contributed by atoms with Gasteiger partial charge in [-0.2, -0.15) is 5.10 Å². The van der Waals surface area contributed by atoms with Gasteiger partial charge in [-0.3, -0.25) is 4.79 Å². The molecule has 0 saturated carbocycles. The van der Waals surface area contributed by atoms with Gasteiger partial charge in [-0.25, -0.2) is 9.67 Å². The number of carbonyl (C=O) groups excluding carboxylic acids is 1. The Morgan fingerprint density at radius 3 is 2.59 bits per heavy atom. The van der Waals surface area contributed by atoms with Gasteiger partial charge in [-0.15, -0.1) is 0 Å². The van der Waals surface area contributed by atoms with Crippen molar-refractivity contribution < 1.29 is 9.53 Å². The fourth-order valence-electron chi connectivity index (χ4n) is 3.54. The second-order valence-electron chi connectivity index (χ2n) is 7.18. The molecule has 0 radical (unpaired) electrons. The number of ether oxygens (including phenoxy) is 1. The minimum atomic E-state index is -0.00188. The smallest absolute Gasteiger partial charge is 0.254 e. The second-order valence-corrected chi connectivity index (χ2v) is 7.18. The number of morpholine rings is 1. The van der Waals surface area contributed by atoms with Gasteiger partial charge in [0.2, 0.25) is 0 Å². The number of nitrogens with zero attached hydrogens (tertiary/aromatic N) is 5. The highest BCUT2D eigenvalue weighted by Gasteiger charge is 2.17. The van der Waals surface area contributed by atoms with E-state index in [1.165, 1.54) is 12.0 Å². The summed E-state index contributed by atoms with van der Waals surface area (Å²) in [4.78, 5) is 21.1. The largest absolute Gasteiger partial charge is 0.378 e. The van der Waals surface area contributed by atoms with Crippen LogP contribution >= 0.6 is 0 Å². The Balaban J connectivity index is 1.43. The molecule has 1 aromatic heterocycles. The number of anilines is 1. The van der Waals surface area contributed by atoms with Crippen LogP contribution in [-0.4, -0.2) is 58.9 Å². The summed E-state index contributed by atoms with van der Waals surface area (Å²) >= 11 is 0. The van der Waals surface area contributed by atoms with Crippen molar-refractivity contribution in [2.24, 2.45) is 0 Å². The van der Waals surface area contributed by atoms with E-state index in [-0.39, 0.29) is 5.91 Å². The third kappa shape index (κ3) is 4.63. The second kappa shape index (κ2) is 8.87. The maximum absolute atomic E-state index is 13.1. The molecule has 1 amide bonds. The van der Waals surface area contributed by atoms with Gasteiger partial charge in [0.1, 0.15) is 12.7 Å². The minimum Gasteiger partial charge on any atom is -0.378 e. The number of carbonyl (C=O) groups is 1. The van der Waals surface area contributed by atoms with Gasteiger partial charge in [0, 0.05) is 37.9 Å². The standard InChI is InChI=1S/C22H25N5O2/c1-25(14-18-6-8-20(9-7-18)26-10-12-29-13-11-26)22(28)21-5-3-2-4-19(21)15-27-17-23-16-24-27/h2-9,16-17H,10-15H2,1H3. The molecular formula is C22H25N5O2. The Bertz CT molecular complexity index is 934. The zero-order valence-corrected chi connectivity index (χ0v) is 16.6. The highest BCUT2D eigenvalue weighted by molar-refractivity contribution is 5.95. The van der Waals surface area contributed by atoms with Crippen molar-refractivity contribution >= 4 is 11.6 Å². The van der Waals surface area contributed by atoms with Crippen LogP contribution in [0, 0.1) is 0 Å². The summed E-state index contributed by atoms with van der Waals surface area (Å²) in [6.45, 7) is 4.45. The van der Waals surface area contributed by atoms with E-state index < -0.39 is 0 Å². The molecule has 2 aromatic carbocycles. The van der Waals surface area contributed by atoms with Crippen LogP contribution in [0.25, 0.3) is 0 Å². The lowest BCUT2D eigenvalue weighted by molar-refractivity contribution is 0.0784. The van der Waals surface area contributed by atoms with Crippen LogP contribution in [0.2, 0.25) is 0 Å². The van der Waals surface area contributed by atoms with Crippen LogP contribution in [0.15, 0.2) is 61.2 Å². The fraction of sp³-hybridized carbons (Fsp3) is 0.318. The molecule has 150 valence electrons. The summed E-state index contributed by atoms with van der Waals surface area (Å²) < 4.78 is 7.13. The SMILES string of the molecule is CN(Cc1ccc(N2CCOCC2)cc1)C(=O)c1ccccc1Cn1cncn1. The minimum absolute atomic E-state index is 0.00188. The van der Waals surface area contributed by atoms with E-state index in [2.05, 4.69) is 39.2 Å². The highest BCUT2D eigenvalue weighted by Crippen LogP contribution is 2.19. The van der Waals surface area contributed by atoms with Gasteiger partial charge < -0.3 is 14.5 Å². The number of hydrogen-bond acceptors (Lipinski definition) is 5. The molecule has 7 heteroatoms. The molecule has 1 aliphatic heterocycles. The Morgan fingerprint density at radius 2 is 1.86 bits per heavy atom. The Kier molecular flexibility index (Phi) is 5.86. The van der Waals surface area contributed by atoms with Crippen molar-refractivity contribution in [3.8, 4) is 0 Å². The zero-order chi connectivity index (χ0) is 20.1. The van der Waals surface area contributed by atoms with Crippen LogP contribution in [-0.2, 0) is 17.8 Å². The van der Waals surface area contributed by atoms with E-state index >= 15 is 0 Å².